The summed E-state index contributed by atoms with van der Waals surface area (Å²) in [6.07, 6.45) is 0. The third-order valence-electron chi connectivity index (χ3n) is 3.17. The first-order valence-electron chi connectivity index (χ1n) is 6.80. The molecule has 0 unspecified atom stereocenters. The van der Waals surface area contributed by atoms with Gasteiger partial charge in [0.1, 0.15) is 5.69 Å². The van der Waals surface area contributed by atoms with Crippen molar-refractivity contribution < 1.29 is 9.53 Å². The number of H-pyrrole nitrogens is 1. The highest BCUT2D eigenvalue weighted by Crippen LogP contribution is 2.25. The van der Waals surface area contributed by atoms with Crippen LogP contribution in [0.3, 0.4) is 0 Å². The number of carbonyl (C=O) groups excluding carboxylic acids is 1. The molecule has 0 aliphatic rings. The molecule has 3 rings (SSSR count). The van der Waals surface area contributed by atoms with Crippen molar-refractivity contribution in [2.75, 3.05) is 18.7 Å². The smallest absolute Gasteiger partial charge is 0.316 e. The molecule has 0 amide bonds. The monoisotopic (exact) mass is 364 g/mol. The number of hydrogen-bond donors (Lipinski definition) is 2. The van der Waals surface area contributed by atoms with E-state index >= 15 is 0 Å². The van der Waals surface area contributed by atoms with Crippen molar-refractivity contribution in [2.45, 2.75) is 5.16 Å². The zero-order valence-corrected chi connectivity index (χ0v) is 14.1. The Bertz CT molecular complexity index is 861. The minimum atomic E-state index is -0.365. The maximum Gasteiger partial charge on any atom is 0.316 e. The number of carbonyl (C=O) groups is 1. The number of methoxy groups -OCH3 is 1. The van der Waals surface area contributed by atoms with Gasteiger partial charge in [-0.15, -0.1) is 10.2 Å². The van der Waals surface area contributed by atoms with Crippen LogP contribution in [0.2, 0.25) is 5.02 Å². The number of hydrogen-bond acceptors (Lipinski definition) is 7. The minimum Gasteiger partial charge on any atom is -0.468 e. The van der Waals surface area contributed by atoms with Crippen molar-refractivity contribution in [1.82, 2.24) is 25.1 Å². The lowest BCUT2D eigenvalue weighted by Crippen LogP contribution is -2.13. The summed E-state index contributed by atoms with van der Waals surface area (Å²) >= 11 is 7.03. The molecule has 0 atom stereocenters. The fraction of sp³-hybridized carbons (Fsp3) is 0.143. The van der Waals surface area contributed by atoms with Gasteiger partial charge in [0.2, 0.25) is 11.0 Å². The zero-order valence-electron chi connectivity index (χ0n) is 12.6. The summed E-state index contributed by atoms with van der Waals surface area (Å²) in [5.74, 6) is 6.13. The number of nitrogen functional groups attached to an aromatic ring is 1. The summed E-state index contributed by atoms with van der Waals surface area (Å²) in [4.78, 5) is 11.2. The summed E-state index contributed by atoms with van der Waals surface area (Å²) in [5.41, 5.74) is 2.25. The number of aromatic nitrogens is 5. The molecule has 0 aliphatic carbocycles. The van der Waals surface area contributed by atoms with Crippen molar-refractivity contribution in [3.05, 3.63) is 35.4 Å². The SMILES string of the molecule is COC(=O)CSc1nnc(-c2cc(-c3ccc(Cl)cc3)n[nH]2)n1N. The molecule has 0 fully saturated rings. The standard InChI is InChI=1S/C14H13ClN6O2S/c1-23-12(22)7-24-14-20-19-13(21(14)16)11-6-10(17-18-11)8-2-4-9(15)5-3-8/h2-6H,7,16H2,1H3,(H,17,18). The van der Waals surface area contributed by atoms with Gasteiger partial charge in [0.05, 0.1) is 18.6 Å². The van der Waals surface area contributed by atoms with Gasteiger partial charge in [-0.25, -0.2) is 4.68 Å². The number of nitrogens with zero attached hydrogens (tertiary/aromatic N) is 4. The molecule has 0 bridgehead atoms. The summed E-state index contributed by atoms with van der Waals surface area (Å²) in [6.45, 7) is 0. The van der Waals surface area contributed by atoms with E-state index in [-0.39, 0.29) is 11.7 Å². The number of halogens is 1. The third-order valence-corrected chi connectivity index (χ3v) is 4.34. The number of benzene rings is 1. The summed E-state index contributed by atoms with van der Waals surface area (Å²) < 4.78 is 5.88. The molecule has 2 aromatic heterocycles. The van der Waals surface area contributed by atoms with Crippen molar-refractivity contribution in [2.24, 2.45) is 0 Å². The van der Waals surface area contributed by atoms with E-state index in [1.54, 1.807) is 12.1 Å². The molecule has 3 N–H and O–H groups in total. The van der Waals surface area contributed by atoms with Gasteiger partial charge in [-0.2, -0.15) is 5.10 Å². The topological polar surface area (TPSA) is 112 Å². The fourth-order valence-electron chi connectivity index (χ4n) is 1.95. The molecule has 8 nitrogen and oxygen atoms in total. The maximum absolute atomic E-state index is 11.2. The molecule has 2 heterocycles. The molecule has 24 heavy (non-hydrogen) atoms. The quantitative estimate of drug-likeness (QED) is 0.404. The zero-order chi connectivity index (χ0) is 17.1. The lowest BCUT2D eigenvalue weighted by Gasteiger charge is -2.01. The minimum absolute atomic E-state index is 0.102. The lowest BCUT2D eigenvalue weighted by atomic mass is 10.1. The summed E-state index contributed by atoms with van der Waals surface area (Å²) in [7, 11) is 1.32. The molecule has 0 saturated carbocycles. The number of thioether (sulfide) groups is 1. The van der Waals surface area contributed by atoms with Gasteiger partial charge in [-0.05, 0) is 18.2 Å². The van der Waals surface area contributed by atoms with E-state index in [9.17, 15) is 4.79 Å². The fourth-order valence-corrected chi connectivity index (χ4v) is 2.76. The molecular formula is C14H13ClN6O2S. The maximum atomic E-state index is 11.2. The molecule has 1 aromatic carbocycles. The molecule has 3 aromatic rings. The van der Waals surface area contributed by atoms with Crippen molar-refractivity contribution in [3.8, 4) is 22.8 Å². The highest BCUT2D eigenvalue weighted by molar-refractivity contribution is 7.99. The Hall–Kier alpha value is -2.52. The van der Waals surface area contributed by atoms with Crippen molar-refractivity contribution in [3.63, 3.8) is 0 Å². The van der Waals surface area contributed by atoms with Gasteiger partial charge < -0.3 is 10.6 Å². The van der Waals surface area contributed by atoms with Crippen LogP contribution in [0, 0.1) is 0 Å². The number of esters is 1. The first-order chi connectivity index (χ1) is 11.6. The van der Waals surface area contributed by atoms with Gasteiger partial charge >= 0.3 is 5.97 Å². The number of aromatic amines is 1. The molecule has 10 heteroatoms. The van der Waals surface area contributed by atoms with Gasteiger partial charge in [-0.3, -0.25) is 9.89 Å². The van der Waals surface area contributed by atoms with Gasteiger partial charge in [-0.1, -0.05) is 35.5 Å². The Morgan fingerprint density at radius 1 is 1.38 bits per heavy atom. The summed E-state index contributed by atoms with van der Waals surface area (Å²) in [6, 6.07) is 9.13. The van der Waals surface area contributed by atoms with Crippen LogP contribution in [0.25, 0.3) is 22.8 Å². The van der Waals surface area contributed by atoms with E-state index in [0.717, 1.165) is 23.0 Å². The van der Waals surface area contributed by atoms with Crippen LogP contribution in [0.5, 0.6) is 0 Å². The second kappa shape index (κ2) is 6.93. The Morgan fingerprint density at radius 3 is 2.83 bits per heavy atom. The first kappa shape index (κ1) is 16.3. The molecule has 0 saturated heterocycles. The average Bonchev–Trinajstić information content (AvgIpc) is 3.20. The predicted molar refractivity (Wildman–Crippen MR) is 90.9 cm³/mol. The lowest BCUT2D eigenvalue weighted by molar-refractivity contribution is -0.137. The van der Waals surface area contributed by atoms with Crippen LogP contribution in [0.4, 0.5) is 0 Å². The van der Waals surface area contributed by atoms with E-state index < -0.39 is 0 Å². The van der Waals surface area contributed by atoms with E-state index in [2.05, 4.69) is 25.1 Å². The number of nitrogens with one attached hydrogen (secondary N) is 1. The van der Waals surface area contributed by atoms with E-state index in [4.69, 9.17) is 17.4 Å². The number of rotatable bonds is 5. The highest BCUT2D eigenvalue weighted by atomic mass is 35.5. The molecule has 0 spiro atoms. The highest BCUT2D eigenvalue weighted by Gasteiger charge is 2.16. The van der Waals surface area contributed by atoms with Crippen LogP contribution in [0.15, 0.2) is 35.5 Å². The van der Waals surface area contributed by atoms with Crippen LogP contribution in [-0.4, -0.2) is 43.9 Å². The van der Waals surface area contributed by atoms with Gasteiger partial charge in [0.25, 0.3) is 0 Å². The first-order valence-corrected chi connectivity index (χ1v) is 8.16. The van der Waals surface area contributed by atoms with Crippen LogP contribution in [-0.2, 0) is 9.53 Å². The predicted octanol–water partition coefficient (Wildman–Crippen LogP) is 1.97. The molecule has 124 valence electrons. The van der Waals surface area contributed by atoms with Crippen LogP contribution < -0.4 is 5.84 Å². The third kappa shape index (κ3) is 3.36. The summed E-state index contributed by atoms with van der Waals surface area (Å²) in [5, 5.41) is 16.2. The molecular weight excluding hydrogens is 352 g/mol. The Morgan fingerprint density at radius 2 is 2.12 bits per heavy atom. The molecule has 0 aliphatic heterocycles. The van der Waals surface area contributed by atoms with Gasteiger partial charge in [0.15, 0.2) is 0 Å². The molecule has 0 radical (unpaired) electrons. The van der Waals surface area contributed by atoms with E-state index in [1.807, 2.05) is 18.2 Å². The second-order valence-electron chi connectivity index (χ2n) is 4.71. The van der Waals surface area contributed by atoms with Gasteiger partial charge in [0, 0.05) is 10.6 Å². The van der Waals surface area contributed by atoms with Crippen LogP contribution in [0.1, 0.15) is 0 Å². The van der Waals surface area contributed by atoms with Crippen molar-refractivity contribution in [1.29, 1.82) is 0 Å². The van der Waals surface area contributed by atoms with Crippen molar-refractivity contribution >= 4 is 29.3 Å². The van der Waals surface area contributed by atoms with Crippen LogP contribution >= 0.6 is 23.4 Å². The number of nitrogens with two attached hydrogens (primary N) is 1. The Labute approximate surface area is 146 Å². The van der Waals surface area contributed by atoms with E-state index in [0.29, 0.717) is 21.7 Å². The van der Waals surface area contributed by atoms with E-state index in [1.165, 1.54) is 11.8 Å². The Balaban J connectivity index is 1.81. The normalized spacial score (nSPS) is 10.8. The largest absolute Gasteiger partial charge is 0.468 e. The Kier molecular flexibility index (Phi) is 4.72. The number of ether oxygens (including phenoxy) is 1. The average molecular weight is 365 g/mol. The second-order valence-corrected chi connectivity index (χ2v) is 6.09.